The molecule has 2 aromatic carbocycles. The van der Waals surface area contributed by atoms with Gasteiger partial charge in [0.2, 0.25) is 0 Å². The van der Waals surface area contributed by atoms with Gasteiger partial charge in [0.05, 0.1) is 6.04 Å². The quantitative estimate of drug-likeness (QED) is 0.664. The van der Waals surface area contributed by atoms with E-state index >= 15 is 0 Å². The zero-order valence-electron chi connectivity index (χ0n) is 16.2. The second-order valence-corrected chi connectivity index (χ2v) is 7.48. The first kappa shape index (κ1) is 18.5. The maximum absolute atomic E-state index is 13.1. The Labute approximate surface area is 157 Å². The number of hydrogen-bond donors (Lipinski definition) is 0. The molecule has 1 aliphatic rings. The normalized spacial score (nSPS) is 21.3. The summed E-state index contributed by atoms with van der Waals surface area (Å²) in [5.41, 5.74) is 1.04. The Kier molecular flexibility index (Phi) is 5.08. The van der Waals surface area contributed by atoms with Gasteiger partial charge in [-0.25, -0.2) is 4.79 Å². The second-order valence-electron chi connectivity index (χ2n) is 7.48. The van der Waals surface area contributed by atoms with Gasteiger partial charge in [-0.05, 0) is 26.7 Å². The Bertz CT molecular complexity index is 704. The SMILES string of the molecule is CCCC(C)(CC)N1C(=O)OC(c2ccccc2)(c2ccccc2)C1C. The third-order valence-electron chi connectivity index (χ3n) is 5.96. The summed E-state index contributed by atoms with van der Waals surface area (Å²) < 4.78 is 6.23. The molecule has 1 aliphatic heterocycles. The highest BCUT2D eigenvalue weighted by Gasteiger charge is 2.57. The topological polar surface area (TPSA) is 29.5 Å². The van der Waals surface area contributed by atoms with Gasteiger partial charge in [-0.15, -0.1) is 0 Å². The Morgan fingerprint density at radius 1 is 1.00 bits per heavy atom. The van der Waals surface area contributed by atoms with Crippen molar-refractivity contribution in [3.63, 3.8) is 0 Å². The summed E-state index contributed by atoms with van der Waals surface area (Å²) in [5, 5.41) is 0. The average Bonchev–Trinajstić information content (AvgIpc) is 2.95. The van der Waals surface area contributed by atoms with Gasteiger partial charge >= 0.3 is 6.09 Å². The Balaban J connectivity index is 2.17. The second kappa shape index (κ2) is 7.14. The monoisotopic (exact) mass is 351 g/mol. The van der Waals surface area contributed by atoms with Crippen LogP contribution >= 0.6 is 0 Å². The summed E-state index contributed by atoms with van der Waals surface area (Å²) in [5.74, 6) is 0. The van der Waals surface area contributed by atoms with Crippen LogP contribution in [0.3, 0.4) is 0 Å². The van der Waals surface area contributed by atoms with Crippen molar-refractivity contribution in [2.75, 3.05) is 0 Å². The minimum Gasteiger partial charge on any atom is -0.431 e. The van der Waals surface area contributed by atoms with Crippen molar-refractivity contribution in [1.29, 1.82) is 0 Å². The number of carbonyl (C=O) groups excluding carboxylic acids is 1. The zero-order valence-corrected chi connectivity index (χ0v) is 16.2. The van der Waals surface area contributed by atoms with E-state index in [0.717, 1.165) is 30.4 Å². The Morgan fingerprint density at radius 3 is 1.92 bits per heavy atom. The highest BCUT2D eigenvalue weighted by Crippen LogP contribution is 2.47. The minimum absolute atomic E-state index is 0.101. The van der Waals surface area contributed by atoms with Crippen molar-refractivity contribution in [2.45, 2.75) is 64.1 Å². The van der Waals surface area contributed by atoms with Gasteiger partial charge in [0.1, 0.15) is 0 Å². The molecule has 0 N–H and O–H groups in total. The van der Waals surface area contributed by atoms with Gasteiger partial charge in [0, 0.05) is 16.7 Å². The number of rotatable bonds is 6. The van der Waals surface area contributed by atoms with Gasteiger partial charge in [-0.1, -0.05) is 80.9 Å². The van der Waals surface area contributed by atoms with Gasteiger partial charge in [-0.2, -0.15) is 0 Å². The highest BCUT2D eigenvalue weighted by atomic mass is 16.6. The molecule has 0 saturated carbocycles. The number of hydrogen-bond acceptors (Lipinski definition) is 2. The standard InChI is InChI=1S/C23H29NO2/c1-5-17-22(4,6-2)24-18(3)23(26-21(24)25,19-13-9-7-10-14-19)20-15-11-8-12-16-20/h7-16,18H,5-6,17H2,1-4H3. The van der Waals surface area contributed by atoms with Crippen molar-refractivity contribution in [3.05, 3.63) is 71.8 Å². The van der Waals surface area contributed by atoms with E-state index in [2.05, 4.69) is 52.0 Å². The van der Waals surface area contributed by atoms with E-state index in [1.165, 1.54) is 0 Å². The van der Waals surface area contributed by atoms with Crippen molar-refractivity contribution < 1.29 is 9.53 Å². The lowest BCUT2D eigenvalue weighted by Gasteiger charge is -2.42. The maximum Gasteiger partial charge on any atom is 0.411 e. The molecule has 26 heavy (non-hydrogen) atoms. The van der Waals surface area contributed by atoms with Gasteiger partial charge in [0.15, 0.2) is 5.60 Å². The molecular weight excluding hydrogens is 322 g/mol. The van der Waals surface area contributed by atoms with E-state index in [9.17, 15) is 4.79 Å². The van der Waals surface area contributed by atoms with Crippen molar-refractivity contribution in [3.8, 4) is 0 Å². The van der Waals surface area contributed by atoms with Gasteiger partial charge < -0.3 is 4.74 Å². The molecule has 1 heterocycles. The van der Waals surface area contributed by atoms with Crippen LogP contribution in [0.1, 0.15) is 58.1 Å². The van der Waals surface area contributed by atoms with E-state index in [1.54, 1.807) is 0 Å². The van der Waals surface area contributed by atoms with Crippen LogP contribution in [0.5, 0.6) is 0 Å². The molecule has 0 bridgehead atoms. The lowest BCUT2D eigenvalue weighted by atomic mass is 9.79. The number of carbonyl (C=O) groups is 1. The molecule has 0 aliphatic carbocycles. The molecule has 2 aromatic rings. The number of amides is 1. The summed E-state index contributed by atoms with van der Waals surface area (Å²) in [4.78, 5) is 15.1. The van der Waals surface area contributed by atoms with Gasteiger partial charge in [-0.3, -0.25) is 4.90 Å². The fourth-order valence-electron chi connectivity index (χ4n) is 4.44. The van der Waals surface area contributed by atoms with Crippen LogP contribution in [0.15, 0.2) is 60.7 Å². The number of ether oxygens (including phenoxy) is 1. The van der Waals surface area contributed by atoms with Crippen molar-refractivity contribution in [1.82, 2.24) is 4.90 Å². The van der Waals surface area contributed by atoms with E-state index in [1.807, 2.05) is 41.3 Å². The Hall–Kier alpha value is -2.29. The molecule has 1 fully saturated rings. The fourth-order valence-corrected chi connectivity index (χ4v) is 4.44. The summed E-state index contributed by atoms with van der Waals surface area (Å²) in [6.07, 6.45) is 2.68. The predicted molar refractivity (Wildman–Crippen MR) is 105 cm³/mol. The number of nitrogens with zero attached hydrogens (tertiary/aromatic N) is 1. The third-order valence-corrected chi connectivity index (χ3v) is 5.96. The molecule has 0 radical (unpaired) electrons. The van der Waals surface area contributed by atoms with Gasteiger partial charge in [0.25, 0.3) is 0 Å². The molecule has 3 nitrogen and oxygen atoms in total. The van der Waals surface area contributed by atoms with E-state index in [-0.39, 0.29) is 17.7 Å². The van der Waals surface area contributed by atoms with E-state index in [4.69, 9.17) is 4.74 Å². The largest absolute Gasteiger partial charge is 0.431 e. The number of benzene rings is 2. The molecule has 1 saturated heterocycles. The van der Waals surface area contributed by atoms with Crippen molar-refractivity contribution in [2.24, 2.45) is 0 Å². The Morgan fingerprint density at radius 2 is 1.50 bits per heavy atom. The van der Waals surface area contributed by atoms with E-state index in [0.29, 0.717) is 0 Å². The van der Waals surface area contributed by atoms with Crippen LogP contribution < -0.4 is 0 Å². The lowest BCUT2D eigenvalue weighted by molar-refractivity contribution is 0.0693. The maximum atomic E-state index is 13.1. The van der Waals surface area contributed by atoms with Crippen LogP contribution in [0, 0.1) is 0 Å². The summed E-state index contributed by atoms with van der Waals surface area (Å²) in [7, 11) is 0. The van der Waals surface area contributed by atoms with E-state index < -0.39 is 5.60 Å². The average molecular weight is 351 g/mol. The van der Waals surface area contributed by atoms with Crippen LogP contribution in [0.25, 0.3) is 0 Å². The first-order valence-corrected chi connectivity index (χ1v) is 9.63. The molecule has 0 aromatic heterocycles. The third kappa shape index (κ3) is 2.80. The zero-order chi connectivity index (χ0) is 18.8. The first-order valence-electron chi connectivity index (χ1n) is 9.63. The van der Waals surface area contributed by atoms with Crippen LogP contribution in [-0.2, 0) is 10.3 Å². The van der Waals surface area contributed by atoms with Crippen molar-refractivity contribution >= 4 is 6.09 Å². The minimum atomic E-state index is -0.788. The van der Waals surface area contributed by atoms with Crippen LogP contribution in [0.4, 0.5) is 4.79 Å². The fraction of sp³-hybridized carbons (Fsp3) is 0.435. The van der Waals surface area contributed by atoms with Crippen LogP contribution in [0.2, 0.25) is 0 Å². The molecule has 0 spiro atoms. The summed E-state index contributed by atoms with van der Waals surface area (Å²) in [6, 6.07) is 20.2. The first-order chi connectivity index (χ1) is 12.5. The molecule has 3 heteroatoms. The summed E-state index contributed by atoms with van der Waals surface area (Å²) >= 11 is 0. The number of cyclic esters (lactones) is 1. The molecule has 1 amide bonds. The summed E-state index contributed by atoms with van der Waals surface area (Å²) in [6.45, 7) is 8.62. The molecule has 2 unspecified atom stereocenters. The molecule has 3 rings (SSSR count). The highest BCUT2D eigenvalue weighted by molar-refractivity contribution is 5.74. The predicted octanol–water partition coefficient (Wildman–Crippen LogP) is 5.74. The molecule has 2 atom stereocenters. The van der Waals surface area contributed by atoms with Crippen LogP contribution in [-0.4, -0.2) is 22.6 Å². The molecular formula is C23H29NO2. The smallest absolute Gasteiger partial charge is 0.411 e. The molecule has 138 valence electrons. The lowest BCUT2D eigenvalue weighted by Crippen LogP contribution is -2.53.